The lowest BCUT2D eigenvalue weighted by Gasteiger charge is -2.20. The van der Waals surface area contributed by atoms with Gasteiger partial charge in [0.1, 0.15) is 12.2 Å². The SMILES string of the molecule is CCCCC/C=C\C/C=C\C/C=C\CCCCCCCCC(=O)OC(CO)COP(=O)(O)OCC(CO)OC(=O)CCCCCCCCCCC. The highest BCUT2D eigenvalue weighted by atomic mass is 31.2. The Morgan fingerprint density at radius 1 is 0.529 bits per heavy atom. The number of hydrogen-bond donors (Lipinski definition) is 3. The number of phosphoric acid groups is 1. The number of allylic oxidation sites excluding steroid dienone is 6. The molecule has 3 unspecified atom stereocenters. The largest absolute Gasteiger partial charge is 0.472 e. The van der Waals surface area contributed by atoms with Crippen LogP contribution in [0.1, 0.15) is 168 Å². The van der Waals surface area contributed by atoms with Gasteiger partial charge in [0.15, 0.2) is 0 Å². The van der Waals surface area contributed by atoms with Crippen LogP contribution >= 0.6 is 7.82 Å². The van der Waals surface area contributed by atoms with Crippen molar-refractivity contribution in [2.45, 2.75) is 180 Å². The van der Waals surface area contributed by atoms with Crippen LogP contribution in [0.4, 0.5) is 0 Å². The molecule has 0 aromatic rings. The van der Waals surface area contributed by atoms with E-state index in [2.05, 4.69) is 50.3 Å². The Hall–Kier alpha value is -1.81. The summed E-state index contributed by atoms with van der Waals surface area (Å²) in [4.78, 5) is 34.3. The molecule has 0 aliphatic heterocycles. The lowest BCUT2D eigenvalue weighted by atomic mass is 10.1. The molecule has 0 aliphatic carbocycles. The molecule has 0 aliphatic rings. The maximum absolute atomic E-state index is 12.3. The van der Waals surface area contributed by atoms with E-state index >= 15 is 0 Å². The molecule has 0 saturated carbocycles. The van der Waals surface area contributed by atoms with E-state index in [4.69, 9.17) is 18.5 Å². The third-order valence-electron chi connectivity index (χ3n) is 8.36. The van der Waals surface area contributed by atoms with E-state index in [1.165, 1.54) is 57.8 Å². The fraction of sp³-hybridized carbons (Fsp3) is 0.800. The number of phosphoric ester groups is 1. The van der Waals surface area contributed by atoms with Gasteiger partial charge >= 0.3 is 19.8 Å². The molecule has 0 bridgehead atoms. The Morgan fingerprint density at radius 3 is 1.27 bits per heavy atom. The molecule has 3 N–H and O–H groups in total. The Morgan fingerprint density at radius 2 is 0.863 bits per heavy atom. The predicted molar refractivity (Wildman–Crippen MR) is 205 cm³/mol. The number of aliphatic hydroxyl groups excluding tert-OH is 2. The van der Waals surface area contributed by atoms with Gasteiger partial charge in [-0.1, -0.05) is 140 Å². The number of carbonyl (C=O) groups is 2. The van der Waals surface area contributed by atoms with Crippen molar-refractivity contribution in [2.75, 3.05) is 26.4 Å². The molecule has 0 saturated heterocycles. The van der Waals surface area contributed by atoms with Crippen LogP contribution in [0.15, 0.2) is 36.5 Å². The zero-order valence-corrected chi connectivity index (χ0v) is 33.0. The van der Waals surface area contributed by atoms with Gasteiger partial charge in [0.2, 0.25) is 0 Å². The number of rotatable bonds is 37. The van der Waals surface area contributed by atoms with Crippen molar-refractivity contribution in [3.63, 3.8) is 0 Å². The molecule has 51 heavy (non-hydrogen) atoms. The number of carbonyl (C=O) groups excluding carboxylic acids is 2. The Balaban J connectivity index is 3.96. The van der Waals surface area contributed by atoms with Crippen molar-refractivity contribution >= 4 is 19.8 Å². The van der Waals surface area contributed by atoms with Gasteiger partial charge in [0.25, 0.3) is 0 Å². The van der Waals surface area contributed by atoms with Gasteiger partial charge in [0, 0.05) is 12.8 Å². The molecule has 0 spiro atoms. The zero-order valence-electron chi connectivity index (χ0n) is 32.1. The monoisotopic (exact) mass is 744 g/mol. The average Bonchev–Trinajstić information content (AvgIpc) is 3.12. The van der Waals surface area contributed by atoms with E-state index in [1.807, 2.05) is 0 Å². The summed E-state index contributed by atoms with van der Waals surface area (Å²) in [5, 5.41) is 19.1. The van der Waals surface area contributed by atoms with Crippen molar-refractivity contribution in [3.05, 3.63) is 36.5 Å². The summed E-state index contributed by atoms with van der Waals surface area (Å²) in [6, 6.07) is 0. The van der Waals surface area contributed by atoms with Crippen LogP contribution in [0, 0.1) is 0 Å². The normalized spacial score (nSPS) is 14.4. The van der Waals surface area contributed by atoms with Gasteiger partial charge in [-0.05, 0) is 51.4 Å². The first kappa shape index (κ1) is 49.2. The number of aliphatic hydroxyl groups is 2. The van der Waals surface area contributed by atoms with Crippen LogP contribution in [0.5, 0.6) is 0 Å². The molecule has 0 aromatic heterocycles. The molecule has 0 aromatic carbocycles. The first-order valence-corrected chi connectivity index (χ1v) is 21.4. The van der Waals surface area contributed by atoms with Gasteiger partial charge < -0.3 is 24.6 Å². The summed E-state index contributed by atoms with van der Waals surface area (Å²) in [7, 11) is -4.63. The first-order chi connectivity index (χ1) is 24.8. The third-order valence-corrected chi connectivity index (χ3v) is 9.31. The maximum atomic E-state index is 12.3. The third kappa shape index (κ3) is 35.0. The lowest BCUT2D eigenvalue weighted by molar-refractivity contribution is -0.153. The minimum Gasteiger partial charge on any atom is -0.457 e. The number of esters is 2. The fourth-order valence-corrected chi connectivity index (χ4v) is 6.02. The highest BCUT2D eigenvalue weighted by Gasteiger charge is 2.27. The molecule has 0 rings (SSSR count). The highest BCUT2D eigenvalue weighted by molar-refractivity contribution is 7.47. The summed E-state index contributed by atoms with van der Waals surface area (Å²) in [5.74, 6) is -1.03. The molecule has 0 heterocycles. The summed E-state index contributed by atoms with van der Waals surface area (Å²) in [6.07, 6.45) is 35.5. The van der Waals surface area contributed by atoms with Gasteiger partial charge in [0.05, 0.1) is 26.4 Å². The van der Waals surface area contributed by atoms with Crippen LogP contribution in [0.2, 0.25) is 0 Å². The molecule has 3 atom stereocenters. The molecule has 10 nitrogen and oxygen atoms in total. The molecule has 0 amide bonds. The molecule has 0 fully saturated rings. The van der Waals surface area contributed by atoms with Crippen molar-refractivity contribution < 1.29 is 47.8 Å². The van der Waals surface area contributed by atoms with Crippen LogP contribution in [-0.4, -0.2) is 65.7 Å². The zero-order chi connectivity index (χ0) is 37.7. The Labute approximate surface area is 310 Å². The smallest absolute Gasteiger partial charge is 0.457 e. The first-order valence-electron chi connectivity index (χ1n) is 19.9. The van der Waals surface area contributed by atoms with E-state index in [-0.39, 0.29) is 12.8 Å². The maximum Gasteiger partial charge on any atom is 0.472 e. The predicted octanol–water partition coefficient (Wildman–Crippen LogP) is 10.00. The van der Waals surface area contributed by atoms with E-state index < -0.39 is 58.4 Å². The van der Waals surface area contributed by atoms with Gasteiger partial charge in [-0.25, -0.2) is 4.57 Å². The number of unbranched alkanes of at least 4 members (excludes halogenated alkanes) is 17. The fourth-order valence-electron chi connectivity index (χ4n) is 5.24. The molecule has 298 valence electrons. The summed E-state index contributed by atoms with van der Waals surface area (Å²) >= 11 is 0. The second-order valence-electron chi connectivity index (χ2n) is 13.3. The lowest BCUT2D eigenvalue weighted by Crippen LogP contribution is -2.28. The van der Waals surface area contributed by atoms with E-state index in [0.717, 1.165) is 70.6 Å². The molecule has 0 radical (unpaired) electrons. The minimum absolute atomic E-state index is 0.178. The molecule has 11 heteroatoms. The highest BCUT2D eigenvalue weighted by Crippen LogP contribution is 2.43. The quantitative estimate of drug-likeness (QED) is 0.0243. The van der Waals surface area contributed by atoms with Crippen LogP contribution < -0.4 is 0 Å². The van der Waals surface area contributed by atoms with Crippen LogP contribution in [0.25, 0.3) is 0 Å². The van der Waals surface area contributed by atoms with Crippen molar-refractivity contribution in [3.8, 4) is 0 Å². The molecular weight excluding hydrogens is 671 g/mol. The van der Waals surface area contributed by atoms with Crippen molar-refractivity contribution in [1.82, 2.24) is 0 Å². The van der Waals surface area contributed by atoms with Crippen molar-refractivity contribution in [2.24, 2.45) is 0 Å². The molecular formula is C40H73O10P. The van der Waals surface area contributed by atoms with Gasteiger partial charge in [-0.15, -0.1) is 0 Å². The Kier molecular flexibility index (Phi) is 35.2. The minimum atomic E-state index is -4.63. The second-order valence-corrected chi connectivity index (χ2v) is 14.7. The van der Waals surface area contributed by atoms with E-state index in [0.29, 0.717) is 12.8 Å². The average molecular weight is 745 g/mol. The van der Waals surface area contributed by atoms with Crippen LogP contribution in [0.3, 0.4) is 0 Å². The van der Waals surface area contributed by atoms with Gasteiger partial charge in [-0.3, -0.25) is 18.6 Å². The topological polar surface area (TPSA) is 149 Å². The number of hydrogen-bond acceptors (Lipinski definition) is 9. The van der Waals surface area contributed by atoms with Crippen LogP contribution in [-0.2, 0) is 32.7 Å². The number of ether oxygens (including phenoxy) is 2. The Bertz CT molecular complexity index is 952. The van der Waals surface area contributed by atoms with E-state index in [1.54, 1.807) is 0 Å². The van der Waals surface area contributed by atoms with Gasteiger partial charge in [-0.2, -0.15) is 0 Å². The summed E-state index contributed by atoms with van der Waals surface area (Å²) in [6.45, 7) is 2.12. The standard InChI is InChI=1S/C40H73O10P/c1-3-5-7-9-11-13-14-15-16-17-18-19-20-21-22-24-26-28-30-32-40(44)50-38(34-42)36-48-51(45,46)47-35-37(33-41)49-39(43)31-29-27-25-23-12-10-8-6-4-2/h11,13,15-16,18-19,37-38,41-42H,3-10,12,14,17,20-36H2,1-2H3,(H,45,46)/b13-11-,16-15-,19-18-. The van der Waals surface area contributed by atoms with Crippen molar-refractivity contribution in [1.29, 1.82) is 0 Å². The summed E-state index contributed by atoms with van der Waals surface area (Å²) < 4.78 is 32.4. The van der Waals surface area contributed by atoms with E-state index in [9.17, 15) is 29.3 Å². The second kappa shape index (κ2) is 36.5. The summed E-state index contributed by atoms with van der Waals surface area (Å²) in [5.41, 5.74) is 0.